The Morgan fingerprint density at radius 2 is 1.85 bits per heavy atom. The maximum atomic E-state index is 12.3. The number of carbonyl (C=O) groups excluding carboxylic acids is 1. The summed E-state index contributed by atoms with van der Waals surface area (Å²) in [4.78, 5) is 24.4. The third-order valence-corrected chi connectivity index (χ3v) is 3.90. The number of carbonyl (C=O) groups is 1. The minimum Gasteiger partial charge on any atom is -0.497 e. The second-order valence-electron chi connectivity index (χ2n) is 5.69. The van der Waals surface area contributed by atoms with Crippen LogP contribution >= 0.6 is 0 Å². The molecule has 1 amide bonds. The summed E-state index contributed by atoms with van der Waals surface area (Å²) in [7, 11) is 3.12. The summed E-state index contributed by atoms with van der Waals surface area (Å²) < 4.78 is 11.6. The van der Waals surface area contributed by atoms with E-state index in [9.17, 15) is 9.59 Å². The summed E-state index contributed by atoms with van der Waals surface area (Å²) in [5.41, 5.74) is 1.49. The normalized spacial score (nSPS) is 10.3. The molecule has 138 valence electrons. The number of hydrogen-bond acceptors (Lipinski definition) is 5. The number of nitrogens with one attached hydrogen (secondary N) is 1. The highest BCUT2D eigenvalue weighted by molar-refractivity contribution is 5.90. The molecule has 1 aromatic heterocycles. The van der Waals surface area contributed by atoms with E-state index in [1.807, 2.05) is 24.3 Å². The van der Waals surface area contributed by atoms with Gasteiger partial charge in [0.05, 0.1) is 19.9 Å². The van der Waals surface area contributed by atoms with Gasteiger partial charge in [-0.05, 0) is 30.3 Å². The molecule has 27 heavy (non-hydrogen) atoms. The van der Waals surface area contributed by atoms with Crippen molar-refractivity contribution in [1.82, 2.24) is 9.78 Å². The third-order valence-electron chi connectivity index (χ3n) is 3.90. The quantitative estimate of drug-likeness (QED) is 0.726. The van der Waals surface area contributed by atoms with Gasteiger partial charge in [-0.3, -0.25) is 9.59 Å². The largest absolute Gasteiger partial charge is 0.497 e. The summed E-state index contributed by atoms with van der Waals surface area (Å²) in [5.74, 6) is 0.896. The number of amides is 1. The maximum Gasteiger partial charge on any atom is 0.267 e. The van der Waals surface area contributed by atoms with E-state index < -0.39 is 0 Å². The molecule has 2 aromatic carbocycles. The van der Waals surface area contributed by atoms with Crippen LogP contribution in [0.25, 0.3) is 11.3 Å². The first kappa shape index (κ1) is 18.2. The average molecular weight is 365 g/mol. The summed E-state index contributed by atoms with van der Waals surface area (Å²) in [6, 6.07) is 17.3. The number of nitrogens with zero attached hydrogens (tertiary/aromatic N) is 2. The van der Waals surface area contributed by atoms with Crippen LogP contribution in [0.2, 0.25) is 0 Å². The van der Waals surface area contributed by atoms with Crippen molar-refractivity contribution in [1.29, 1.82) is 0 Å². The van der Waals surface area contributed by atoms with Crippen LogP contribution in [0.3, 0.4) is 0 Å². The average Bonchev–Trinajstić information content (AvgIpc) is 2.69. The van der Waals surface area contributed by atoms with Crippen molar-refractivity contribution >= 4 is 11.6 Å². The number of methoxy groups -OCH3 is 2. The fraction of sp³-hybridized carbons (Fsp3) is 0.150. The molecule has 0 aliphatic carbocycles. The number of para-hydroxylation sites is 1. The Kier molecular flexibility index (Phi) is 5.51. The fourth-order valence-corrected chi connectivity index (χ4v) is 2.60. The number of anilines is 1. The zero-order chi connectivity index (χ0) is 19.2. The van der Waals surface area contributed by atoms with Gasteiger partial charge in [-0.1, -0.05) is 18.2 Å². The van der Waals surface area contributed by atoms with Crippen LogP contribution in [0.4, 0.5) is 5.69 Å². The van der Waals surface area contributed by atoms with Gasteiger partial charge >= 0.3 is 0 Å². The van der Waals surface area contributed by atoms with Gasteiger partial charge in [0.15, 0.2) is 0 Å². The number of hydrogen-bond donors (Lipinski definition) is 1. The minimum absolute atomic E-state index is 0.209. The molecule has 7 heteroatoms. The first-order valence-corrected chi connectivity index (χ1v) is 8.26. The molecular formula is C20H19N3O4. The van der Waals surface area contributed by atoms with Crippen molar-refractivity contribution in [2.45, 2.75) is 6.54 Å². The van der Waals surface area contributed by atoms with Crippen molar-refractivity contribution < 1.29 is 14.3 Å². The summed E-state index contributed by atoms with van der Waals surface area (Å²) in [6.45, 7) is -0.209. The Balaban J connectivity index is 1.82. The van der Waals surface area contributed by atoms with E-state index >= 15 is 0 Å². The van der Waals surface area contributed by atoms with Crippen LogP contribution in [0.5, 0.6) is 11.5 Å². The number of aromatic nitrogens is 2. The Labute approximate surface area is 156 Å². The monoisotopic (exact) mass is 365 g/mol. The van der Waals surface area contributed by atoms with Crippen molar-refractivity contribution in [3.05, 3.63) is 71.0 Å². The van der Waals surface area contributed by atoms with Gasteiger partial charge in [0, 0.05) is 23.4 Å². The van der Waals surface area contributed by atoms with Gasteiger partial charge in [-0.15, -0.1) is 0 Å². The molecule has 0 fully saturated rings. The van der Waals surface area contributed by atoms with Crippen molar-refractivity contribution in [2.75, 3.05) is 19.5 Å². The standard InChI is InChI=1S/C20H19N3O4/c1-26-15-7-5-6-14(12-15)21-19(24)13-23-20(25)11-10-17(22-23)16-8-3-4-9-18(16)27-2/h3-12H,13H2,1-2H3,(H,21,24). The Hall–Kier alpha value is -3.61. The molecule has 0 atom stereocenters. The number of ether oxygens (including phenoxy) is 2. The summed E-state index contributed by atoms with van der Waals surface area (Å²) in [6.07, 6.45) is 0. The van der Waals surface area contributed by atoms with Crippen molar-refractivity contribution in [3.63, 3.8) is 0 Å². The van der Waals surface area contributed by atoms with E-state index in [4.69, 9.17) is 9.47 Å². The lowest BCUT2D eigenvalue weighted by Gasteiger charge is -2.11. The van der Waals surface area contributed by atoms with Gasteiger partial charge in [-0.2, -0.15) is 5.10 Å². The molecule has 1 N–H and O–H groups in total. The minimum atomic E-state index is -0.366. The predicted molar refractivity (Wildman–Crippen MR) is 102 cm³/mol. The zero-order valence-electron chi connectivity index (χ0n) is 15.0. The van der Waals surface area contributed by atoms with Crippen LogP contribution < -0.4 is 20.3 Å². The van der Waals surface area contributed by atoms with Crippen molar-refractivity contribution in [3.8, 4) is 22.8 Å². The molecular weight excluding hydrogens is 346 g/mol. The van der Waals surface area contributed by atoms with E-state index in [2.05, 4.69) is 10.4 Å². The molecule has 0 radical (unpaired) electrons. The number of rotatable bonds is 6. The highest BCUT2D eigenvalue weighted by Crippen LogP contribution is 2.27. The molecule has 0 saturated carbocycles. The van der Waals surface area contributed by atoms with Crippen LogP contribution in [-0.4, -0.2) is 29.9 Å². The second-order valence-corrected chi connectivity index (χ2v) is 5.69. The Morgan fingerprint density at radius 1 is 1.04 bits per heavy atom. The van der Waals surface area contributed by atoms with Crippen LogP contribution in [-0.2, 0) is 11.3 Å². The Bertz CT molecular complexity index is 1010. The van der Waals surface area contributed by atoms with Gasteiger partial charge in [0.2, 0.25) is 5.91 Å². The van der Waals surface area contributed by atoms with Gasteiger partial charge in [0.1, 0.15) is 18.0 Å². The number of benzene rings is 2. The van der Waals surface area contributed by atoms with Gasteiger partial charge in [0.25, 0.3) is 5.56 Å². The van der Waals surface area contributed by atoms with Gasteiger partial charge < -0.3 is 14.8 Å². The predicted octanol–water partition coefficient (Wildman–Crippen LogP) is 2.57. The van der Waals surface area contributed by atoms with Crippen LogP contribution in [0.1, 0.15) is 0 Å². The fourth-order valence-electron chi connectivity index (χ4n) is 2.60. The zero-order valence-corrected chi connectivity index (χ0v) is 15.0. The van der Waals surface area contributed by atoms with E-state index in [-0.39, 0.29) is 18.0 Å². The molecule has 7 nitrogen and oxygen atoms in total. The Morgan fingerprint density at radius 3 is 2.63 bits per heavy atom. The van der Waals surface area contributed by atoms with Crippen molar-refractivity contribution in [2.24, 2.45) is 0 Å². The molecule has 0 bridgehead atoms. The van der Waals surface area contributed by atoms with Crippen LogP contribution in [0, 0.1) is 0 Å². The first-order valence-electron chi connectivity index (χ1n) is 8.26. The molecule has 0 aliphatic rings. The van der Waals surface area contributed by atoms with E-state index in [0.717, 1.165) is 10.2 Å². The highest BCUT2D eigenvalue weighted by Gasteiger charge is 2.11. The molecule has 0 unspecified atom stereocenters. The first-order chi connectivity index (χ1) is 13.1. The highest BCUT2D eigenvalue weighted by atomic mass is 16.5. The third kappa shape index (κ3) is 4.33. The van der Waals surface area contributed by atoms with E-state index in [0.29, 0.717) is 22.9 Å². The van der Waals surface area contributed by atoms with E-state index in [1.165, 1.54) is 6.07 Å². The summed E-state index contributed by atoms with van der Waals surface area (Å²) >= 11 is 0. The SMILES string of the molecule is COc1cccc(NC(=O)Cn2nc(-c3ccccc3OC)ccc2=O)c1. The second kappa shape index (κ2) is 8.18. The molecule has 3 rings (SSSR count). The molecule has 0 saturated heterocycles. The smallest absolute Gasteiger partial charge is 0.267 e. The lowest BCUT2D eigenvalue weighted by atomic mass is 10.1. The maximum absolute atomic E-state index is 12.3. The molecule has 0 aliphatic heterocycles. The van der Waals surface area contributed by atoms with E-state index in [1.54, 1.807) is 44.6 Å². The van der Waals surface area contributed by atoms with Crippen LogP contribution in [0.15, 0.2) is 65.5 Å². The van der Waals surface area contributed by atoms with Gasteiger partial charge in [-0.25, -0.2) is 4.68 Å². The topological polar surface area (TPSA) is 82.4 Å². The lowest BCUT2D eigenvalue weighted by Crippen LogP contribution is -2.29. The molecule has 1 heterocycles. The lowest BCUT2D eigenvalue weighted by molar-refractivity contribution is -0.117. The molecule has 3 aromatic rings. The summed E-state index contributed by atoms with van der Waals surface area (Å²) in [5, 5.41) is 7.04. The molecule has 0 spiro atoms.